The van der Waals surface area contributed by atoms with Crippen molar-refractivity contribution in [2.24, 2.45) is 28.1 Å². The van der Waals surface area contributed by atoms with Crippen molar-refractivity contribution in [3.05, 3.63) is 24.3 Å². The lowest BCUT2D eigenvalue weighted by Gasteiger charge is -2.66. The largest absolute Gasteiger partial charge is 0.457 e. The van der Waals surface area contributed by atoms with Gasteiger partial charge in [0, 0.05) is 24.7 Å². The van der Waals surface area contributed by atoms with Crippen LogP contribution in [-0.2, 0) is 23.8 Å². The summed E-state index contributed by atoms with van der Waals surface area (Å²) in [6, 6.07) is 0. The SMILES string of the molecule is C=C[C@]1(C)CC[C@@H]2C(=C[C@H]3OC(=O)[C@]4(C)[C@H]3[C@]23CC[C@]4(OC(C)=O)OC3)C1. The summed E-state index contributed by atoms with van der Waals surface area (Å²) in [5.74, 6) is -1.48. The van der Waals surface area contributed by atoms with Gasteiger partial charge >= 0.3 is 11.9 Å². The molecule has 0 aromatic heterocycles. The van der Waals surface area contributed by atoms with Crippen molar-refractivity contribution >= 4 is 11.9 Å². The fourth-order valence-electron chi connectivity index (χ4n) is 7.11. The van der Waals surface area contributed by atoms with E-state index in [4.69, 9.17) is 14.2 Å². The number of ether oxygens (including phenoxy) is 3. The van der Waals surface area contributed by atoms with Crippen LogP contribution >= 0.6 is 0 Å². The summed E-state index contributed by atoms with van der Waals surface area (Å²) in [4.78, 5) is 24.9. The second-order valence-electron chi connectivity index (χ2n) is 9.79. The van der Waals surface area contributed by atoms with Crippen LogP contribution < -0.4 is 0 Å². The Kier molecular flexibility index (Phi) is 3.27. The Bertz CT molecular complexity index is 774. The van der Waals surface area contributed by atoms with Crippen LogP contribution in [0.25, 0.3) is 0 Å². The molecule has 146 valence electrons. The molecule has 5 nitrogen and oxygen atoms in total. The zero-order chi connectivity index (χ0) is 19.2. The third-order valence-electron chi connectivity index (χ3n) is 8.46. The first-order chi connectivity index (χ1) is 12.7. The topological polar surface area (TPSA) is 61.8 Å². The first-order valence-corrected chi connectivity index (χ1v) is 10.1. The first kappa shape index (κ1) is 17.5. The third kappa shape index (κ3) is 1.89. The minimum atomic E-state index is -1.19. The molecule has 6 rings (SSSR count). The Morgan fingerprint density at radius 3 is 2.74 bits per heavy atom. The zero-order valence-corrected chi connectivity index (χ0v) is 16.4. The molecule has 2 bridgehead atoms. The molecule has 3 aliphatic carbocycles. The first-order valence-electron chi connectivity index (χ1n) is 10.1. The van der Waals surface area contributed by atoms with Crippen LogP contribution in [0.4, 0.5) is 0 Å². The highest BCUT2D eigenvalue weighted by atomic mass is 16.7. The van der Waals surface area contributed by atoms with Crippen molar-refractivity contribution in [3.8, 4) is 0 Å². The van der Waals surface area contributed by atoms with Crippen molar-refractivity contribution in [1.29, 1.82) is 0 Å². The highest BCUT2D eigenvalue weighted by molar-refractivity contribution is 5.83. The van der Waals surface area contributed by atoms with Crippen LogP contribution in [0.3, 0.4) is 0 Å². The summed E-state index contributed by atoms with van der Waals surface area (Å²) in [5, 5.41) is 0. The van der Waals surface area contributed by atoms with E-state index in [9.17, 15) is 9.59 Å². The van der Waals surface area contributed by atoms with E-state index < -0.39 is 17.2 Å². The summed E-state index contributed by atoms with van der Waals surface area (Å²) >= 11 is 0. The van der Waals surface area contributed by atoms with E-state index in [0.717, 1.165) is 25.7 Å². The average Bonchev–Trinajstić information content (AvgIpc) is 2.89. The second kappa shape index (κ2) is 5.05. The van der Waals surface area contributed by atoms with Gasteiger partial charge in [0.2, 0.25) is 5.79 Å². The lowest BCUT2D eigenvalue weighted by molar-refractivity contribution is -0.368. The highest BCUT2D eigenvalue weighted by Crippen LogP contribution is 2.72. The smallest absolute Gasteiger partial charge is 0.319 e. The molecule has 7 atom stereocenters. The molecule has 0 unspecified atom stereocenters. The molecule has 0 radical (unpaired) electrons. The molecule has 3 aliphatic heterocycles. The maximum atomic E-state index is 13.1. The molecule has 27 heavy (non-hydrogen) atoms. The van der Waals surface area contributed by atoms with Gasteiger partial charge in [0.05, 0.1) is 6.61 Å². The van der Waals surface area contributed by atoms with Gasteiger partial charge in [-0.3, -0.25) is 9.59 Å². The maximum absolute atomic E-state index is 13.1. The third-order valence-corrected chi connectivity index (χ3v) is 8.46. The van der Waals surface area contributed by atoms with Crippen LogP contribution in [0.5, 0.6) is 0 Å². The van der Waals surface area contributed by atoms with Crippen molar-refractivity contribution in [2.45, 2.75) is 64.8 Å². The Labute approximate surface area is 160 Å². The van der Waals surface area contributed by atoms with Crippen LogP contribution in [-0.4, -0.2) is 30.4 Å². The predicted molar refractivity (Wildman–Crippen MR) is 97.3 cm³/mol. The lowest BCUT2D eigenvalue weighted by atomic mass is 9.42. The molecule has 0 N–H and O–H groups in total. The van der Waals surface area contributed by atoms with Crippen LogP contribution in [0.1, 0.15) is 52.9 Å². The van der Waals surface area contributed by atoms with E-state index in [-0.39, 0.29) is 28.8 Å². The van der Waals surface area contributed by atoms with E-state index in [2.05, 4.69) is 25.7 Å². The number of carbonyl (C=O) groups excluding carboxylic acids is 2. The van der Waals surface area contributed by atoms with Crippen molar-refractivity contribution < 1.29 is 23.8 Å². The molecule has 0 aromatic carbocycles. The molecule has 1 spiro atoms. The summed E-state index contributed by atoms with van der Waals surface area (Å²) < 4.78 is 17.9. The number of hydrogen-bond donors (Lipinski definition) is 0. The van der Waals surface area contributed by atoms with Gasteiger partial charge in [0.15, 0.2) is 0 Å². The van der Waals surface area contributed by atoms with Gasteiger partial charge in [0.1, 0.15) is 11.5 Å². The number of esters is 2. The van der Waals surface area contributed by atoms with Crippen LogP contribution in [0.15, 0.2) is 24.3 Å². The molecular weight excluding hydrogens is 344 g/mol. The number of fused-ring (bicyclic) bond motifs is 3. The molecule has 6 aliphatic rings. The molecule has 3 heterocycles. The van der Waals surface area contributed by atoms with Crippen LogP contribution in [0.2, 0.25) is 0 Å². The van der Waals surface area contributed by atoms with E-state index in [0.29, 0.717) is 18.9 Å². The van der Waals surface area contributed by atoms with Gasteiger partial charge in [-0.1, -0.05) is 18.6 Å². The van der Waals surface area contributed by atoms with Gasteiger partial charge in [0.25, 0.3) is 0 Å². The predicted octanol–water partition coefficient (Wildman–Crippen LogP) is 3.54. The Hall–Kier alpha value is -1.62. The average molecular weight is 372 g/mol. The molecule has 2 saturated carbocycles. The van der Waals surface area contributed by atoms with Gasteiger partial charge in [-0.2, -0.15) is 0 Å². The minimum absolute atomic E-state index is 0.00110. The van der Waals surface area contributed by atoms with E-state index in [1.807, 2.05) is 6.92 Å². The lowest BCUT2D eigenvalue weighted by Crippen LogP contribution is -2.72. The Morgan fingerprint density at radius 2 is 2.11 bits per heavy atom. The second-order valence-corrected chi connectivity index (χ2v) is 9.79. The standard InChI is InChI=1S/C22H28O5/c1-5-19(3)7-6-15-14(11-19)10-16-17-20(4,18(24)26-16)22(27-13(2)23)9-8-21(15,17)12-25-22/h5,10,15-17H,1,6-9,11-12H2,2-4H3/t15-,16-,17+,19-,20+,21+,22-/m1/s1. The van der Waals surface area contributed by atoms with Crippen LogP contribution in [0, 0.1) is 28.1 Å². The van der Waals surface area contributed by atoms with Gasteiger partial charge in [-0.15, -0.1) is 6.58 Å². The minimum Gasteiger partial charge on any atom is -0.457 e. The van der Waals surface area contributed by atoms with Gasteiger partial charge in [-0.25, -0.2) is 0 Å². The number of rotatable bonds is 2. The molecule has 0 amide bonds. The van der Waals surface area contributed by atoms with Crippen molar-refractivity contribution in [2.75, 3.05) is 6.61 Å². The van der Waals surface area contributed by atoms with Crippen molar-refractivity contribution in [1.82, 2.24) is 0 Å². The summed E-state index contributed by atoms with van der Waals surface area (Å²) in [7, 11) is 0. The zero-order valence-electron chi connectivity index (χ0n) is 16.4. The molecule has 0 aromatic rings. The summed E-state index contributed by atoms with van der Waals surface area (Å²) in [6.45, 7) is 10.1. The van der Waals surface area contributed by atoms with E-state index in [1.165, 1.54) is 12.5 Å². The monoisotopic (exact) mass is 372 g/mol. The quantitative estimate of drug-likeness (QED) is 0.548. The fourth-order valence-corrected chi connectivity index (χ4v) is 7.11. The Balaban J connectivity index is 1.64. The molecule has 5 heteroatoms. The normalized spacial score (nSPS) is 52.3. The van der Waals surface area contributed by atoms with Gasteiger partial charge < -0.3 is 14.2 Å². The van der Waals surface area contributed by atoms with E-state index in [1.54, 1.807) is 0 Å². The highest BCUT2D eigenvalue weighted by Gasteiger charge is 2.80. The Morgan fingerprint density at radius 1 is 1.33 bits per heavy atom. The summed E-state index contributed by atoms with van der Waals surface area (Å²) in [5.41, 5.74) is 0.442. The number of carbonyl (C=O) groups is 2. The van der Waals surface area contributed by atoms with E-state index >= 15 is 0 Å². The fraction of sp³-hybridized carbons (Fsp3) is 0.727. The van der Waals surface area contributed by atoms with Crippen molar-refractivity contribution in [3.63, 3.8) is 0 Å². The van der Waals surface area contributed by atoms with Gasteiger partial charge in [-0.05, 0) is 50.0 Å². The maximum Gasteiger partial charge on any atom is 0.319 e. The molecule has 3 saturated heterocycles. The molecule has 5 fully saturated rings. The number of hydrogen-bond acceptors (Lipinski definition) is 5. The molecular formula is C22H28O5. The summed E-state index contributed by atoms with van der Waals surface area (Å²) in [6.07, 6.45) is 8.62. The number of allylic oxidation sites excluding steroid dienone is 2.